The fourth-order valence-electron chi connectivity index (χ4n) is 5.06. The SMILES string of the molecule is CCCCC(=O)Nc1cncc(-c2ncc3[nH]nc(-c4nc5nccc(-c6cc(F)cc(CCS(C)(=O)=O)c6)c5[nH]4)c3c2F)c1. The number of imidazole rings is 1. The monoisotopic (exact) mass is 630 g/mol. The number of pyridine rings is 3. The number of nitrogens with one attached hydrogen (secondary N) is 3. The number of carbonyl (C=O) groups excluding carboxylic acids is 1. The van der Waals surface area contributed by atoms with Crippen molar-refractivity contribution < 1.29 is 22.0 Å². The van der Waals surface area contributed by atoms with Gasteiger partial charge in [0.15, 0.2) is 17.3 Å². The predicted molar refractivity (Wildman–Crippen MR) is 167 cm³/mol. The molecule has 5 aromatic heterocycles. The van der Waals surface area contributed by atoms with E-state index in [1.165, 1.54) is 36.9 Å². The molecule has 0 bridgehead atoms. The van der Waals surface area contributed by atoms with Gasteiger partial charge in [-0.25, -0.2) is 27.2 Å². The van der Waals surface area contributed by atoms with Crippen LogP contribution >= 0.6 is 0 Å². The molecule has 0 fully saturated rings. The van der Waals surface area contributed by atoms with Crippen LogP contribution in [-0.2, 0) is 21.1 Å². The van der Waals surface area contributed by atoms with Gasteiger partial charge in [-0.1, -0.05) is 19.4 Å². The molecule has 5 heterocycles. The Morgan fingerprint density at radius 2 is 1.87 bits per heavy atom. The third kappa shape index (κ3) is 6.41. The highest BCUT2D eigenvalue weighted by molar-refractivity contribution is 7.90. The maximum atomic E-state index is 16.2. The Morgan fingerprint density at radius 3 is 2.67 bits per heavy atom. The summed E-state index contributed by atoms with van der Waals surface area (Å²) in [6.07, 6.45) is 9.22. The molecule has 0 atom stereocenters. The van der Waals surface area contributed by atoms with E-state index in [-0.39, 0.29) is 40.7 Å². The number of sulfone groups is 1. The Morgan fingerprint density at radius 1 is 1.02 bits per heavy atom. The van der Waals surface area contributed by atoms with Gasteiger partial charge in [0, 0.05) is 36.2 Å². The molecule has 3 N–H and O–H groups in total. The molecule has 0 radical (unpaired) electrons. The van der Waals surface area contributed by atoms with Crippen LogP contribution in [0.15, 0.2) is 55.1 Å². The highest BCUT2D eigenvalue weighted by Gasteiger charge is 2.22. The van der Waals surface area contributed by atoms with Crippen molar-refractivity contribution >= 4 is 43.5 Å². The second-order valence-corrected chi connectivity index (χ2v) is 13.0. The molecule has 0 saturated heterocycles. The molecule has 14 heteroatoms. The normalized spacial score (nSPS) is 11.8. The number of aromatic nitrogens is 7. The number of anilines is 1. The summed E-state index contributed by atoms with van der Waals surface area (Å²) in [5, 5.41) is 10.0. The van der Waals surface area contributed by atoms with Crippen LogP contribution in [0.2, 0.25) is 0 Å². The minimum Gasteiger partial charge on any atom is -0.335 e. The van der Waals surface area contributed by atoms with Crippen LogP contribution in [0.4, 0.5) is 14.5 Å². The number of amides is 1. The first-order valence-electron chi connectivity index (χ1n) is 14.2. The summed E-state index contributed by atoms with van der Waals surface area (Å²) in [4.78, 5) is 32.7. The second kappa shape index (κ2) is 12.1. The lowest BCUT2D eigenvalue weighted by Crippen LogP contribution is -2.11. The number of aryl methyl sites for hydroxylation is 1. The molecule has 0 saturated carbocycles. The number of H-pyrrole nitrogens is 2. The number of hydrogen-bond donors (Lipinski definition) is 3. The van der Waals surface area contributed by atoms with Gasteiger partial charge < -0.3 is 10.3 Å². The molecule has 0 aliphatic carbocycles. The number of aromatic amines is 2. The first kappa shape index (κ1) is 29.9. The number of rotatable bonds is 10. The van der Waals surface area contributed by atoms with Gasteiger partial charge in [-0.3, -0.25) is 19.9 Å². The van der Waals surface area contributed by atoms with E-state index in [1.807, 2.05) is 6.92 Å². The Hall–Kier alpha value is -5.11. The van der Waals surface area contributed by atoms with E-state index in [2.05, 4.69) is 40.4 Å². The largest absolute Gasteiger partial charge is 0.335 e. The third-order valence-electron chi connectivity index (χ3n) is 7.24. The van der Waals surface area contributed by atoms with Crippen LogP contribution in [-0.4, -0.2) is 61.5 Å². The summed E-state index contributed by atoms with van der Waals surface area (Å²) in [6.45, 7) is 2.00. The maximum Gasteiger partial charge on any atom is 0.224 e. The summed E-state index contributed by atoms with van der Waals surface area (Å²) >= 11 is 0. The Balaban J connectivity index is 1.38. The van der Waals surface area contributed by atoms with Gasteiger partial charge in [-0.05, 0) is 48.2 Å². The lowest BCUT2D eigenvalue weighted by atomic mass is 10.0. The zero-order chi connectivity index (χ0) is 31.7. The van der Waals surface area contributed by atoms with Crippen molar-refractivity contribution in [3.05, 3.63) is 72.3 Å². The molecular formula is C31H28F2N8O3S. The molecule has 0 spiro atoms. The topological polar surface area (TPSA) is 159 Å². The molecule has 0 aliphatic heterocycles. The quantitative estimate of drug-likeness (QED) is 0.176. The Bertz CT molecular complexity index is 2180. The van der Waals surface area contributed by atoms with Crippen molar-refractivity contribution in [3.8, 4) is 33.9 Å². The van der Waals surface area contributed by atoms with Crippen molar-refractivity contribution in [3.63, 3.8) is 0 Å². The predicted octanol–water partition coefficient (Wildman–Crippen LogP) is 5.62. The number of carbonyl (C=O) groups is 1. The molecule has 6 rings (SSSR count). The molecular weight excluding hydrogens is 602 g/mol. The number of nitrogens with zero attached hydrogens (tertiary/aromatic N) is 5. The summed E-state index contributed by atoms with van der Waals surface area (Å²) in [5.74, 6) is -1.23. The number of hydrogen-bond acceptors (Lipinski definition) is 8. The standard InChI is InChI=1S/C31H28F2N8O3S/c1-3-4-5-24(42)37-21-13-19(14-34-15-21)27-26(33)25-23(16-36-27)40-41-29(25)31-38-28-22(6-8-35-30(28)39-31)18-10-17(11-20(32)12-18)7-9-45(2,43)44/h6,8,10-16H,3-5,7,9H2,1-2H3,(H,37,42)(H,40,41)(H,35,38,39). The second-order valence-electron chi connectivity index (χ2n) is 10.8. The van der Waals surface area contributed by atoms with E-state index in [0.717, 1.165) is 19.1 Å². The summed E-state index contributed by atoms with van der Waals surface area (Å²) in [7, 11) is -3.24. The fraction of sp³-hybridized carbons (Fsp3) is 0.226. The van der Waals surface area contributed by atoms with E-state index >= 15 is 4.39 Å². The van der Waals surface area contributed by atoms with Gasteiger partial charge in [0.2, 0.25) is 5.91 Å². The van der Waals surface area contributed by atoms with Crippen molar-refractivity contribution in [1.29, 1.82) is 0 Å². The molecule has 0 unspecified atom stereocenters. The van der Waals surface area contributed by atoms with E-state index in [0.29, 0.717) is 51.0 Å². The molecule has 6 aromatic rings. The first-order valence-corrected chi connectivity index (χ1v) is 16.3. The van der Waals surface area contributed by atoms with Gasteiger partial charge in [0.1, 0.15) is 27.0 Å². The summed E-state index contributed by atoms with van der Waals surface area (Å²) in [5.41, 5.74) is 3.68. The minimum absolute atomic E-state index is 0.0126. The van der Waals surface area contributed by atoms with Crippen LogP contribution in [0.5, 0.6) is 0 Å². The van der Waals surface area contributed by atoms with E-state index < -0.39 is 21.5 Å². The molecule has 1 amide bonds. The van der Waals surface area contributed by atoms with Crippen molar-refractivity contribution in [2.75, 3.05) is 17.3 Å². The summed E-state index contributed by atoms with van der Waals surface area (Å²) in [6, 6.07) is 7.66. The molecule has 230 valence electrons. The molecule has 0 aliphatic rings. The zero-order valence-electron chi connectivity index (χ0n) is 24.4. The number of unbranched alkanes of at least 4 members (excludes halogenated alkanes) is 1. The maximum absolute atomic E-state index is 16.2. The van der Waals surface area contributed by atoms with Crippen molar-refractivity contribution in [2.45, 2.75) is 32.6 Å². The van der Waals surface area contributed by atoms with E-state index in [9.17, 15) is 17.6 Å². The highest BCUT2D eigenvalue weighted by Crippen LogP contribution is 2.34. The minimum atomic E-state index is -3.24. The number of fused-ring (bicyclic) bond motifs is 2. The Kier molecular flexibility index (Phi) is 8.06. The fourth-order valence-corrected chi connectivity index (χ4v) is 5.67. The van der Waals surface area contributed by atoms with Gasteiger partial charge in [0.05, 0.1) is 40.3 Å². The van der Waals surface area contributed by atoms with Crippen LogP contribution in [0.1, 0.15) is 31.7 Å². The third-order valence-corrected chi connectivity index (χ3v) is 8.19. The average Bonchev–Trinajstić information content (AvgIpc) is 3.63. The average molecular weight is 631 g/mol. The van der Waals surface area contributed by atoms with Gasteiger partial charge in [-0.15, -0.1) is 0 Å². The van der Waals surface area contributed by atoms with E-state index in [1.54, 1.807) is 18.2 Å². The van der Waals surface area contributed by atoms with Gasteiger partial charge >= 0.3 is 0 Å². The first-order chi connectivity index (χ1) is 21.6. The zero-order valence-corrected chi connectivity index (χ0v) is 25.2. The molecule has 45 heavy (non-hydrogen) atoms. The van der Waals surface area contributed by atoms with Crippen LogP contribution < -0.4 is 5.32 Å². The van der Waals surface area contributed by atoms with E-state index in [4.69, 9.17) is 0 Å². The van der Waals surface area contributed by atoms with Crippen LogP contribution in [0, 0.1) is 11.6 Å². The lowest BCUT2D eigenvalue weighted by molar-refractivity contribution is -0.116. The summed E-state index contributed by atoms with van der Waals surface area (Å²) < 4.78 is 54.1. The number of benzene rings is 1. The Labute approximate surface area is 256 Å². The van der Waals surface area contributed by atoms with Gasteiger partial charge in [0.25, 0.3) is 0 Å². The highest BCUT2D eigenvalue weighted by atomic mass is 32.2. The number of halogens is 2. The van der Waals surface area contributed by atoms with Gasteiger partial charge in [-0.2, -0.15) is 5.10 Å². The van der Waals surface area contributed by atoms with Crippen LogP contribution in [0.3, 0.4) is 0 Å². The molecule has 11 nitrogen and oxygen atoms in total. The van der Waals surface area contributed by atoms with Crippen LogP contribution in [0.25, 0.3) is 56.0 Å². The van der Waals surface area contributed by atoms with Crippen molar-refractivity contribution in [1.82, 2.24) is 35.1 Å². The smallest absolute Gasteiger partial charge is 0.224 e. The van der Waals surface area contributed by atoms with Crippen molar-refractivity contribution in [2.24, 2.45) is 0 Å². The molecule has 1 aromatic carbocycles. The lowest BCUT2D eigenvalue weighted by Gasteiger charge is -2.08.